The molecule has 2 nitrogen and oxygen atoms in total. The Hall–Kier alpha value is -0.0800. The fourth-order valence-electron chi connectivity index (χ4n) is 2.68. The lowest BCUT2D eigenvalue weighted by molar-refractivity contribution is -0.228. The van der Waals surface area contributed by atoms with E-state index in [0.29, 0.717) is 0 Å². The summed E-state index contributed by atoms with van der Waals surface area (Å²) in [4.78, 5) is 0. The molecule has 1 aliphatic rings. The van der Waals surface area contributed by atoms with E-state index in [1.165, 1.54) is 32.1 Å². The van der Waals surface area contributed by atoms with Gasteiger partial charge >= 0.3 is 0 Å². The minimum Gasteiger partial charge on any atom is -0.313 e. The molecule has 0 unspecified atom stereocenters. The SMILES string of the molecule is CC1(C)CCCCCCCC(C)(C)N1O. The molecule has 0 aromatic carbocycles. The molecule has 2 heteroatoms. The van der Waals surface area contributed by atoms with Gasteiger partial charge < -0.3 is 5.21 Å². The number of rotatable bonds is 0. The number of nitrogens with zero attached hydrogens (tertiary/aromatic N) is 1. The lowest BCUT2D eigenvalue weighted by atomic mass is 9.86. The highest BCUT2D eigenvalue weighted by Gasteiger charge is 2.36. The maximum Gasteiger partial charge on any atom is 0.0410 e. The third-order valence-electron chi connectivity index (χ3n) is 3.72. The maximum atomic E-state index is 10.3. The van der Waals surface area contributed by atoms with E-state index in [-0.39, 0.29) is 11.1 Å². The highest BCUT2D eigenvalue weighted by Crippen LogP contribution is 2.32. The Kier molecular flexibility index (Phi) is 4.19. The van der Waals surface area contributed by atoms with Crippen molar-refractivity contribution in [3.63, 3.8) is 0 Å². The Morgan fingerprint density at radius 3 is 1.47 bits per heavy atom. The molecule has 0 spiro atoms. The Balaban J connectivity index is 2.72. The molecule has 1 aliphatic heterocycles. The summed E-state index contributed by atoms with van der Waals surface area (Å²) in [6.45, 7) is 8.60. The zero-order valence-electron chi connectivity index (χ0n) is 10.8. The van der Waals surface area contributed by atoms with Crippen LogP contribution in [-0.4, -0.2) is 21.3 Å². The molecule has 1 heterocycles. The van der Waals surface area contributed by atoms with E-state index < -0.39 is 0 Å². The first-order valence-corrected chi connectivity index (χ1v) is 6.35. The van der Waals surface area contributed by atoms with Crippen LogP contribution in [0.5, 0.6) is 0 Å². The number of hydrogen-bond donors (Lipinski definition) is 1. The quantitative estimate of drug-likeness (QED) is 0.658. The highest BCUT2D eigenvalue weighted by molar-refractivity contribution is 4.87. The second-order valence-corrected chi connectivity index (χ2v) is 6.20. The van der Waals surface area contributed by atoms with Crippen LogP contribution in [0.25, 0.3) is 0 Å². The summed E-state index contributed by atoms with van der Waals surface area (Å²) in [6, 6.07) is 0. The highest BCUT2D eigenvalue weighted by atomic mass is 16.5. The van der Waals surface area contributed by atoms with Crippen LogP contribution < -0.4 is 0 Å². The third kappa shape index (κ3) is 3.46. The van der Waals surface area contributed by atoms with Gasteiger partial charge in [-0.25, -0.2) is 0 Å². The lowest BCUT2D eigenvalue weighted by Gasteiger charge is -2.45. The van der Waals surface area contributed by atoms with Crippen molar-refractivity contribution < 1.29 is 5.21 Å². The van der Waals surface area contributed by atoms with Crippen LogP contribution in [-0.2, 0) is 0 Å². The summed E-state index contributed by atoms with van der Waals surface area (Å²) in [5, 5.41) is 11.9. The fraction of sp³-hybridized carbons (Fsp3) is 1.00. The van der Waals surface area contributed by atoms with Gasteiger partial charge in [-0.15, -0.1) is 0 Å². The van der Waals surface area contributed by atoms with E-state index >= 15 is 0 Å². The molecule has 1 rings (SSSR count). The van der Waals surface area contributed by atoms with Crippen molar-refractivity contribution >= 4 is 0 Å². The van der Waals surface area contributed by atoms with Gasteiger partial charge in [0.25, 0.3) is 0 Å². The van der Waals surface area contributed by atoms with Gasteiger partial charge in [-0.3, -0.25) is 0 Å². The van der Waals surface area contributed by atoms with Crippen molar-refractivity contribution in [2.45, 2.75) is 83.7 Å². The molecule has 15 heavy (non-hydrogen) atoms. The summed E-state index contributed by atoms with van der Waals surface area (Å²) in [7, 11) is 0. The van der Waals surface area contributed by atoms with Crippen LogP contribution in [0.1, 0.15) is 72.6 Å². The third-order valence-corrected chi connectivity index (χ3v) is 3.72. The van der Waals surface area contributed by atoms with E-state index in [9.17, 15) is 5.21 Å². The average molecular weight is 213 g/mol. The van der Waals surface area contributed by atoms with E-state index in [1.54, 1.807) is 5.06 Å². The van der Waals surface area contributed by atoms with E-state index in [4.69, 9.17) is 0 Å². The van der Waals surface area contributed by atoms with Crippen LogP contribution in [0.4, 0.5) is 0 Å². The van der Waals surface area contributed by atoms with Gasteiger partial charge in [0.05, 0.1) is 0 Å². The van der Waals surface area contributed by atoms with Gasteiger partial charge in [0.15, 0.2) is 0 Å². The summed E-state index contributed by atoms with van der Waals surface area (Å²) >= 11 is 0. The van der Waals surface area contributed by atoms with Crippen molar-refractivity contribution in [2.24, 2.45) is 0 Å². The zero-order valence-corrected chi connectivity index (χ0v) is 10.8. The van der Waals surface area contributed by atoms with Gasteiger partial charge in [-0.1, -0.05) is 32.1 Å². The molecule has 90 valence electrons. The van der Waals surface area contributed by atoms with E-state index in [1.807, 2.05) is 0 Å². The molecule has 1 N–H and O–H groups in total. The molecule has 1 saturated heterocycles. The summed E-state index contributed by atoms with van der Waals surface area (Å²) < 4.78 is 0. The molecule has 0 radical (unpaired) electrons. The van der Waals surface area contributed by atoms with Crippen molar-refractivity contribution in [1.29, 1.82) is 0 Å². The van der Waals surface area contributed by atoms with Crippen molar-refractivity contribution in [3.05, 3.63) is 0 Å². The van der Waals surface area contributed by atoms with Crippen LogP contribution in [0.3, 0.4) is 0 Å². The molecule has 0 aromatic heterocycles. The first kappa shape index (κ1) is 13.0. The van der Waals surface area contributed by atoms with Gasteiger partial charge in [0, 0.05) is 11.1 Å². The molecule has 1 fully saturated rings. The monoisotopic (exact) mass is 213 g/mol. The molecule has 0 aromatic rings. The zero-order chi connectivity index (χ0) is 11.5. The van der Waals surface area contributed by atoms with Gasteiger partial charge in [-0.2, -0.15) is 5.06 Å². The van der Waals surface area contributed by atoms with Crippen molar-refractivity contribution in [3.8, 4) is 0 Å². The van der Waals surface area contributed by atoms with Crippen molar-refractivity contribution in [2.75, 3.05) is 0 Å². The Labute approximate surface area is 94.6 Å². The molecular formula is C13H27NO. The number of hydrogen-bond acceptors (Lipinski definition) is 2. The van der Waals surface area contributed by atoms with Gasteiger partial charge in [0.2, 0.25) is 0 Å². The molecule has 0 aliphatic carbocycles. The predicted octanol–water partition coefficient (Wildman–Crippen LogP) is 3.98. The van der Waals surface area contributed by atoms with E-state index in [0.717, 1.165) is 12.8 Å². The summed E-state index contributed by atoms with van der Waals surface area (Å²) in [5.41, 5.74) is -0.165. The maximum absolute atomic E-state index is 10.3. The standard InChI is InChI=1S/C13H27NO/c1-12(2)10-8-6-5-7-9-11-13(3,4)14(12)15/h15H,5-11H2,1-4H3. The van der Waals surface area contributed by atoms with Crippen LogP contribution in [0.2, 0.25) is 0 Å². The van der Waals surface area contributed by atoms with Gasteiger partial charge in [0.1, 0.15) is 0 Å². The van der Waals surface area contributed by atoms with Crippen LogP contribution >= 0.6 is 0 Å². The summed E-state index contributed by atoms with van der Waals surface area (Å²) in [6.07, 6.45) is 8.65. The molecular weight excluding hydrogens is 186 g/mol. The average Bonchev–Trinajstić information content (AvgIpc) is 2.14. The van der Waals surface area contributed by atoms with Crippen LogP contribution in [0.15, 0.2) is 0 Å². The molecule has 0 bridgehead atoms. The van der Waals surface area contributed by atoms with Crippen molar-refractivity contribution in [1.82, 2.24) is 5.06 Å². The number of hydroxylamine groups is 2. The van der Waals surface area contributed by atoms with Crippen LogP contribution in [0, 0.1) is 0 Å². The minimum atomic E-state index is -0.0825. The molecule has 0 saturated carbocycles. The second kappa shape index (κ2) is 4.84. The first-order chi connectivity index (χ1) is 6.86. The lowest BCUT2D eigenvalue weighted by Crippen LogP contribution is -2.53. The first-order valence-electron chi connectivity index (χ1n) is 6.35. The smallest absolute Gasteiger partial charge is 0.0410 e. The summed E-state index contributed by atoms with van der Waals surface area (Å²) in [5.74, 6) is 0. The van der Waals surface area contributed by atoms with Gasteiger partial charge in [-0.05, 0) is 40.5 Å². The minimum absolute atomic E-state index is 0.0825. The van der Waals surface area contributed by atoms with E-state index in [2.05, 4.69) is 27.7 Å². The Morgan fingerprint density at radius 1 is 0.733 bits per heavy atom. The Morgan fingerprint density at radius 2 is 1.07 bits per heavy atom. The normalized spacial score (nSPS) is 28.6. The predicted molar refractivity (Wildman–Crippen MR) is 64.1 cm³/mol. The molecule has 0 amide bonds. The second-order valence-electron chi connectivity index (χ2n) is 6.20. The molecule has 0 atom stereocenters. The Bertz CT molecular complexity index is 179. The fourth-order valence-corrected chi connectivity index (χ4v) is 2.68. The topological polar surface area (TPSA) is 23.5 Å². The largest absolute Gasteiger partial charge is 0.313 e.